The second-order valence-corrected chi connectivity index (χ2v) is 8.34. The van der Waals surface area contributed by atoms with Crippen molar-refractivity contribution in [1.82, 2.24) is 0 Å². The van der Waals surface area contributed by atoms with Crippen molar-refractivity contribution in [2.45, 2.75) is 70.3 Å². The predicted octanol–water partition coefficient (Wildman–Crippen LogP) is 7.96. The van der Waals surface area contributed by atoms with Gasteiger partial charge in [-0.05, 0) is 67.3 Å². The summed E-state index contributed by atoms with van der Waals surface area (Å²) in [4.78, 5) is 0. The molecule has 0 amide bonds. The maximum Gasteiger partial charge on any atom is 0.429 e. The summed E-state index contributed by atoms with van der Waals surface area (Å²) < 4.78 is 66.2. The number of halogens is 4. The summed E-state index contributed by atoms with van der Waals surface area (Å²) in [6, 6.07) is 8.23. The molecule has 1 aliphatic carbocycles. The Kier molecular flexibility index (Phi) is 7.84. The van der Waals surface area contributed by atoms with Gasteiger partial charge in [-0.2, -0.15) is 13.2 Å². The average Bonchev–Trinajstić information content (AvgIpc) is 2.76. The van der Waals surface area contributed by atoms with Crippen LogP contribution in [0.4, 0.5) is 17.6 Å². The van der Waals surface area contributed by atoms with Crippen LogP contribution in [0.5, 0.6) is 11.5 Å². The van der Waals surface area contributed by atoms with Gasteiger partial charge in [-0.15, -0.1) is 0 Å². The molecule has 170 valence electrons. The Bertz CT molecular complexity index is 843. The van der Waals surface area contributed by atoms with Crippen molar-refractivity contribution in [1.29, 1.82) is 0 Å². The molecule has 1 saturated carbocycles. The SMILES string of the molecule is CCCCCC1CCC(c2ccc(OC(F)(F)c3ccc(OC)c(F)c3F)cc2)CC1. The second kappa shape index (κ2) is 10.4. The number of rotatable bonds is 9. The summed E-state index contributed by atoms with van der Waals surface area (Å²) in [5.41, 5.74) is -0.0689. The summed E-state index contributed by atoms with van der Waals surface area (Å²) in [6.45, 7) is 2.21. The molecule has 0 spiro atoms. The summed E-state index contributed by atoms with van der Waals surface area (Å²) in [5.74, 6) is -2.48. The van der Waals surface area contributed by atoms with Crippen LogP contribution in [0.3, 0.4) is 0 Å². The number of methoxy groups -OCH3 is 1. The fourth-order valence-electron chi connectivity index (χ4n) is 4.39. The Hall–Kier alpha value is -2.24. The maximum atomic E-state index is 14.5. The van der Waals surface area contributed by atoms with E-state index in [4.69, 9.17) is 4.74 Å². The summed E-state index contributed by atoms with van der Waals surface area (Å²) in [7, 11) is 1.13. The number of unbranched alkanes of at least 4 members (excludes halogenated alkanes) is 2. The number of hydrogen-bond donors (Lipinski definition) is 0. The quantitative estimate of drug-likeness (QED) is 0.292. The van der Waals surface area contributed by atoms with Crippen molar-refractivity contribution in [3.63, 3.8) is 0 Å². The van der Waals surface area contributed by atoms with E-state index < -0.39 is 29.1 Å². The highest BCUT2D eigenvalue weighted by atomic mass is 19.3. The zero-order valence-corrected chi connectivity index (χ0v) is 18.1. The molecule has 0 unspecified atom stereocenters. The predicted molar refractivity (Wildman–Crippen MR) is 113 cm³/mol. The lowest BCUT2D eigenvalue weighted by Crippen LogP contribution is -2.24. The molecule has 1 fully saturated rings. The fourth-order valence-corrected chi connectivity index (χ4v) is 4.39. The first-order valence-electron chi connectivity index (χ1n) is 11.0. The lowest BCUT2D eigenvalue weighted by Gasteiger charge is -2.29. The highest BCUT2D eigenvalue weighted by Gasteiger charge is 2.39. The van der Waals surface area contributed by atoms with E-state index in [0.717, 1.165) is 43.6 Å². The van der Waals surface area contributed by atoms with E-state index in [2.05, 4.69) is 11.7 Å². The van der Waals surface area contributed by atoms with Gasteiger partial charge in [0.05, 0.1) is 7.11 Å². The van der Waals surface area contributed by atoms with Crippen LogP contribution in [0, 0.1) is 17.6 Å². The normalized spacial score (nSPS) is 19.3. The van der Waals surface area contributed by atoms with Crippen molar-refractivity contribution in [2.24, 2.45) is 5.92 Å². The highest BCUT2D eigenvalue weighted by Crippen LogP contribution is 2.39. The van der Waals surface area contributed by atoms with Crippen LogP contribution >= 0.6 is 0 Å². The monoisotopic (exact) mass is 438 g/mol. The van der Waals surface area contributed by atoms with E-state index in [1.807, 2.05) is 0 Å². The molecule has 2 aromatic carbocycles. The Labute approximate surface area is 181 Å². The highest BCUT2D eigenvalue weighted by molar-refractivity contribution is 5.34. The maximum absolute atomic E-state index is 14.5. The Morgan fingerprint density at radius 1 is 0.903 bits per heavy atom. The third kappa shape index (κ3) is 5.72. The molecule has 0 atom stereocenters. The fraction of sp³-hybridized carbons (Fsp3) is 0.520. The van der Waals surface area contributed by atoms with Crippen LogP contribution in [-0.4, -0.2) is 7.11 Å². The zero-order valence-electron chi connectivity index (χ0n) is 18.1. The first kappa shape index (κ1) is 23.4. The molecule has 2 nitrogen and oxygen atoms in total. The minimum atomic E-state index is -4.02. The van der Waals surface area contributed by atoms with Gasteiger partial charge < -0.3 is 9.47 Å². The smallest absolute Gasteiger partial charge is 0.429 e. The van der Waals surface area contributed by atoms with Gasteiger partial charge in [-0.25, -0.2) is 4.39 Å². The van der Waals surface area contributed by atoms with Gasteiger partial charge in [-0.1, -0.05) is 44.7 Å². The van der Waals surface area contributed by atoms with Crippen molar-refractivity contribution in [3.05, 3.63) is 59.2 Å². The molecule has 0 aliphatic heterocycles. The molecule has 6 heteroatoms. The Morgan fingerprint density at radius 3 is 2.19 bits per heavy atom. The molecule has 0 N–H and O–H groups in total. The van der Waals surface area contributed by atoms with E-state index in [0.29, 0.717) is 5.92 Å². The molecule has 0 aromatic heterocycles. The van der Waals surface area contributed by atoms with E-state index in [-0.39, 0.29) is 5.75 Å². The van der Waals surface area contributed by atoms with Gasteiger partial charge in [0, 0.05) is 0 Å². The zero-order chi connectivity index (χ0) is 22.4. The molecule has 31 heavy (non-hydrogen) atoms. The number of alkyl halides is 2. The van der Waals surface area contributed by atoms with Crippen LogP contribution in [0.1, 0.15) is 75.3 Å². The Balaban J connectivity index is 1.61. The van der Waals surface area contributed by atoms with Gasteiger partial charge in [-0.3, -0.25) is 0 Å². The third-order valence-corrected chi connectivity index (χ3v) is 6.24. The molecule has 0 heterocycles. The molecule has 1 aliphatic rings. The number of hydrogen-bond acceptors (Lipinski definition) is 2. The molecular formula is C25H30F4O2. The topological polar surface area (TPSA) is 18.5 Å². The minimum Gasteiger partial charge on any atom is -0.494 e. The van der Waals surface area contributed by atoms with Crippen LogP contribution in [0.2, 0.25) is 0 Å². The first-order chi connectivity index (χ1) is 14.9. The van der Waals surface area contributed by atoms with Crippen LogP contribution < -0.4 is 9.47 Å². The van der Waals surface area contributed by atoms with Crippen molar-refractivity contribution < 1.29 is 27.0 Å². The molecular weight excluding hydrogens is 408 g/mol. The summed E-state index contributed by atoms with van der Waals surface area (Å²) in [5, 5.41) is 0. The second-order valence-electron chi connectivity index (χ2n) is 8.34. The number of ether oxygens (including phenoxy) is 2. The van der Waals surface area contributed by atoms with Gasteiger partial charge >= 0.3 is 6.11 Å². The van der Waals surface area contributed by atoms with Gasteiger partial charge in [0.25, 0.3) is 0 Å². The Morgan fingerprint density at radius 2 is 1.58 bits per heavy atom. The van der Waals surface area contributed by atoms with Gasteiger partial charge in [0.1, 0.15) is 11.3 Å². The molecule has 0 saturated heterocycles. The standard InChI is InChI=1S/C25H30F4O2/c1-3-4-5-6-17-7-9-18(10-8-17)19-11-13-20(14-12-19)31-25(28,29)21-15-16-22(30-2)24(27)23(21)26/h11-18H,3-10H2,1-2H3. The van der Waals surface area contributed by atoms with E-state index in [1.165, 1.54) is 50.7 Å². The van der Waals surface area contributed by atoms with E-state index >= 15 is 0 Å². The van der Waals surface area contributed by atoms with Gasteiger partial charge in [0.2, 0.25) is 5.82 Å². The van der Waals surface area contributed by atoms with E-state index in [9.17, 15) is 17.6 Å². The van der Waals surface area contributed by atoms with Crippen molar-refractivity contribution in [2.75, 3.05) is 7.11 Å². The molecule has 0 bridgehead atoms. The molecule has 2 aromatic rings. The number of benzene rings is 2. The lowest BCUT2D eigenvalue weighted by atomic mass is 9.77. The summed E-state index contributed by atoms with van der Waals surface area (Å²) in [6.07, 6.45) is 5.71. The largest absolute Gasteiger partial charge is 0.494 e. The lowest BCUT2D eigenvalue weighted by molar-refractivity contribution is -0.187. The minimum absolute atomic E-state index is 0.0994. The van der Waals surface area contributed by atoms with Gasteiger partial charge in [0.15, 0.2) is 11.6 Å². The van der Waals surface area contributed by atoms with Crippen LogP contribution in [0.15, 0.2) is 36.4 Å². The summed E-state index contributed by atoms with van der Waals surface area (Å²) >= 11 is 0. The van der Waals surface area contributed by atoms with E-state index in [1.54, 1.807) is 12.1 Å². The third-order valence-electron chi connectivity index (χ3n) is 6.24. The van der Waals surface area contributed by atoms with Crippen molar-refractivity contribution in [3.8, 4) is 11.5 Å². The van der Waals surface area contributed by atoms with Crippen molar-refractivity contribution >= 4 is 0 Å². The average molecular weight is 439 g/mol. The van der Waals surface area contributed by atoms with Crippen LogP contribution in [0.25, 0.3) is 0 Å². The first-order valence-corrected chi connectivity index (χ1v) is 11.0. The molecule has 0 radical (unpaired) electrons. The molecule has 3 rings (SSSR count). The van der Waals surface area contributed by atoms with Crippen LogP contribution in [-0.2, 0) is 6.11 Å².